The summed E-state index contributed by atoms with van der Waals surface area (Å²) < 4.78 is 15.0. The lowest BCUT2D eigenvalue weighted by molar-refractivity contribution is -0.132. The van der Waals surface area contributed by atoms with Gasteiger partial charge >= 0.3 is 5.91 Å². The number of aliphatic hydroxyl groups is 1. The van der Waals surface area contributed by atoms with Crippen molar-refractivity contribution in [2.75, 3.05) is 4.90 Å². The zero-order valence-electron chi connectivity index (χ0n) is 21.2. The van der Waals surface area contributed by atoms with Gasteiger partial charge in [-0.3, -0.25) is 14.5 Å². The molecule has 198 valence electrons. The molecule has 2 heterocycles. The first kappa shape index (κ1) is 25.9. The molecule has 4 aromatic carbocycles. The highest BCUT2D eigenvalue weighted by molar-refractivity contribution is 8.00. The molecular weight excluding hydrogens is 545 g/mol. The van der Waals surface area contributed by atoms with Gasteiger partial charge < -0.3 is 5.11 Å². The van der Waals surface area contributed by atoms with Crippen LogP contribution in [0.5, 0.6) is 0 Å². The van der Waals surface area contributed by atoms with E-state index < -0.39 is 29.3 Å². The zero-order chi connectivity index (χ0) is 27.8. The maximum atomic E-state index is 14.3. The molecule has 0 spiro atoms. The van der Waals surface area contributed by atoms with Crippen LogP contribution in [-0.2, 0) is 15.3 Å². The first-order valence-corrected chi connectivity index (χ1v) is 14.3. The standard InChI is InChI=1S/C31H22FN3O3S2/c1-18-14-15-21(16-24(18)32)27(36)25-26(20-9-3-2-4-10-20)35(29(38)28(25)37)30-33-34-31(40-30)39-17-22-12-7-11-19-8-5-6-13-23(19)22/h2-16,26,36H,17H2,1H3/t26-/m0/s1. The van der Waals surface area contributed by atoms with Crippen molar-refractivity contribution >= 4 is 56.5 Å². The van der Waals surface area contributed by atoms with Crippen molar-refractivity contribution in [1.29, 1.82) is 0 Å². The number of aromatic nitrogens is 2. The number of hydrogen-bond donors (Lipinski definition) is 1. The van der Waals surface area contributed by atoms with E-state index in [4.69, 9.17) is 0 Å². The Morgan fingerprint density at radius 1 is 0.975 bits per heavy atom. The number of fused-ring (bicyclic) bond motifs is 1. The molecule has 1 amide bonds. The number of amides is 1. The molecule has 0 saturated carbocycles. The third-order valence-electron chi connectivity index (χ3n) is 6.84. The quantitative estimate of drug-likeness (QED) is 0.0778. The zero-order valence-corrected chi connectivity index (χ0v) is 22.9. The highest BCUT2D eigenvalue weighted by Crippen LogP contribution is 2.44. The fraction of sp³-hybridized carbons (Fsp3) is 0.0968. The number of carbonyl (C=O) groups excluding carboxylic acids is 2. The summed E-state index contributed by atoms with van der Waals surface area (Å²) in [5.74, 6) is -2.01. The summed E-state index contributed by atoms with van der Waals surface area (Å²) in [6, 6.07) is 26.5. The Kier molecular flexibility index (Phi) is 6.91. The number of hydrogen-bond acceptors (Lipinski definition) is 7. The molecule has 1 atom stereocenters. The predicted molar refractivity (Wildman–Crippen MR) is 156 cm³/mol. The SMILES string of the molecule is Cc1ccc(C(O)=C2C(=O)C(=O)N(c3nnc(SCc4cccc5ccccc45)s3)[C@H]2c2ccccc2)cc1F. The molecule has 40 heavy (non-hydrogen) atoms. The molecule has 0 bridgehead atoms. The monoisotopic (exact) mass is 567 g/mol. The van der Waals surface area contributed by atoms with Gasteiger partial charge in [-0.05, 0) is 40.5 Å². The third kappa shape index (κ3) is 4.67. The van der Waals surface area contributed by atoms with Crippen molar-refractivity contribution in [2.24, 2.45) is 0 Å². The number of aliphatic hydroxyl groups excluding tert-OH is 1. The van der Waals surface area contributed by atoms with Gasteiger partial charge in [0.05, 0.1) is 11.6 Å². The number of ketones is 1. The average molecular weight is 568 g/mol. The number of nitrogens with zero attached hydrogens (tertiary/aromatic N) is 3. The second-order valence-corrected chi connectivity index (χ2v) is 11.5. The highest BCUT2D eigenvalue weighted by atomic mass is 32.2. The number of benzene rings is 4. The molecule has 0 radical (unpaired) electrons. The van der Waals surface area contributed by atoms with Crippen LogP contribution in [-0.4, -0.2) is 27.0 Å². The summed E-state index contributed by atoms with van der Waals surface area (Å²) in [4.78, 5) is 28.0. The molecule has 6 rings (SSSR count). The number of aryl methyl sites for hydroxylation is 1. The molecule has 1 fully saturated rings. The van der Waals surface area contributed by atoms with Gasteiger partial charge in [-0.15, -0.1) is 10.2 Å². The number of carbonyl (C=O) groups is 2. The summed E-state index contributed by atoms with van der Waals surface area (Å²) in [7, 11) is 0. The van der Waals surface area contributed by atoms with Crippen molar-refractivity contribution in [3.8, 4) is 0 Å². The molecule has 1 saturated heterocycles. The minimum atomic E-state index is -0.950. The molecular formula is C31H22FN3O3S2. The second-order valence-electron chi connectivity index (χ2n) is 9.32. The number of halogens is 1. The fourth-order valence-corrected chi connectivity index (χ4v) is 6.66. The van der Waals surface area contributed by atoms with Crippen molar-refractivity contribution in [3.05, 3.63) is 125 Å². The van der Waals surface area contributed by atoms with Crippen molar-refractivity contribution in [2.45, 2.75) is 23.1 Å². The van der Waals surface area contributed by atoms with Gasteiger partial charge in [-0.25, -0.2) is 4.39 Å². The van der Waals surface area contributed by atoms with E-state index in [1.54, 1.807) is 31.2 Å². The van der Waals surface area contributed by atoms with E-state index in [-0.39, 0.29) is 16.3 Å². The normalized spacial score (nSPS) is 16.6. The Hall–Kier alpha value is -4.34. The molecule has 0 unspecified atom stereocenters. The van der Waals surface area contributed by atoms with Gasteiger partial charge in [0.1, 0.15) is 11.6 Å². The van der Waals surface area contributed by atoms with Crippen molar-refractivity contribution in [1.82, 2.24) is 10.2 Å². The molecule has 6 nitrogen and oxygen atoms in total. The number of thioether (sulfide) groups is 1. The van der Waals surface area contributed by atoms with Crippen LogP contribution >= 0.6 is 23.1 Å². The summed E-state index contributed by atoms with van der Waals surface area (Å²) in [5, 5.41) is 22.3. The van der Waals surface area contributed by atoms with Gasteiger partial charge in [0.25, 0.3) is 5.78 Å². The smallest absolute Gasteiger partial charge is 0.301 e. The second kappa shape index (κ2) is 10.7. The molecule has 9 heteroatoms. The third-order valence-corrected chi connectivity index (χ3v) is 8.94. The minimum absolute atomic E-state index is 0.116. The first-order chi connectivity index (χ1) is 19.4. The summed E-state index contributed by atoms with van der Waals surface area (Å²) in [6.07, 6.45) is 0. The van der Waals surface area contributed by atoms with Gasteiger partial charge in [0.2, 0.25) is 5.13 Å². The van der Waals surface area contributed by atoms with Crippen LogP contribution in [0.1, 0.15) is 28.3 Å². The summed E-state index contributed by atoms with van der Waals surface area (Å²) in [6.45, 7) is 1.60. The highest BCUT2D eigenvalue weighted by Gasteiger charge is 2.48. The fourth-order valence-electron chi connectivity index (χ4n) is 4.79. The van der Waals surface area contributed by atoms with E-state index in [1.165, 1.54) is 40.1 Å². The Bertz CT molecular complexity index is 1800. The van der Waals surface area contributed by atoms with Gasteiger partial charge in [-0.1, -0.05) is 108 Å². The number of rotatable bonds is 6. The van der Waals surface area contributed by atoms with Crippen LogP contribution in [0.15, 0.2) is 101 Å². The maximum Gasteiger partial charge on any atom is 0.301 e. The largest absolute Gasteiger partial charge is 0.507 e. The van der Waals surface area contributed by atoms with E-state index in [2.05, 4.69) is 34.5 Å². The Morgan fingerprint density at radius 3 is 2.52 bits per heavy atom. The van der Waals surface area contributed by atoms with E-state index >= 15 is 0 Å². The van der Waals surface area contributed by atoms with Crippen LogP contribution in [0, 0.1) is 12.7 Å². The summed E-state index contributed by atoms with van der Waals surface area (Å²) in [5.41, 5.74) is 2.15. The Balaban J connectivity index is 1.36. The molecule has 1 aromatic heterocycles. The van der Waals surface area contributed by atoms with Crippen molar-refractivity contribution in [3.63, 3.8) is 0 Å². The predicted octanol–water partition coefficient (Wildman–Crippen LogP) is 7.06. The lowest BCUT2D eigenvalue weighted by Gasteiger charge is -2.22. The molecule has 1 aliphatic heterocycles. The van der Waals surface area contributed by atoms with Crippen molar-refractivity contribution < 1.29 is 19.1 Å². The van der Waals surface area contributed by atoms with Crippen LogP contribution < -0.4 is 4.90 Å². The molecule has 1 aliphatic rings. The minimum Gasteiger partial charge on any atom is -0.507 e. The Morgan fingerprint density at radius 2 is 1.73 bits per heavy atom. The van der Waals surface area contributed by atoms with E-state index in [0.29, 0.717) is 21.2 Å². The van der Waals surface area contributed by atoms with Crippen LogP contribution in [0.2, 0.25) is 0 Å². The lowest BCUT2D eigenvalue weighted by Crippen LogP contribution is -2.29. The topological polar surface area (TPSA) is 83.4 Å². The summed E-state index contributed by atoms with van der Waals surface area (Å²) >= 11 is 2.70. The molecule has 5 aromatic rings. The van der Waals surface area contributed by atoms with Gasteiger partial charge in [0, 0.05) is 11.3 Å². The molecule has 0 aliphatic carbocycles. The van der Waals surface area contributed by atoms with E-state index in [9.17, 15) is 19.1 Å². The molecule has 1 N–H and O–H groups in total. The van der Waals surface area contributed by atoms with Gasteiger partial charge in [-0.2, -0.15) is 0 Å². The lowest BCUT2D eigenvalue weighted by atomic mass is 9.95. The van der Waals surface area contributed by atoms with Crippen LogP contribution in [0.4, 0.5) is 9.52 Å². The Labute approximate surface area is 237 Å². The number of Topliss-reactive ketones (excluding diaryl/α,β-unsaturated/α-hetero) is 1. The van der Waals surface area contributed by atoms with E-state index in [0.717, 1.165) is 22.4 Å². The van der Waals surface area contributed by atoms with E-state index in [1.807, 2.05) is 24.3 Å². The number of anilines is 1. The maximum absolute atomic E-state index is 14.3. The first-order valence-electron chi connectivity index (χ1n) is 12.5. The van der Waals surface area contributed by atoms with Crippen LogP contribution in [0.25, 0.3) is 16.5 Å². The average Bonchev–Trinajstić information content (AvgIpc) is 3.55. The van der Waals surface area contributed by atoms with Gasteiger partial charge in [0.15, 0.2) is 4.34 Å². The van der Waals surface area contributed by atoms with Crippen LogP contribution in [0.3, 0.4) is 0 Å².